The van der Waals surface area contributed by atoms with Crippen molar-refractivity contribution in [3.8, 4) is 44.5 Å². The highest BCUT2D eigenvalue weighted by Crippen LogP contribution is 2.32. The number of halogens is 2. The maximum absolute atomic E-state index is 13.7. The topological polar surface area (TPSA) is 0 Å². The molecule has 0 fully saturated rings. The summed E-state index contributed by atoms with van der Waals surface area (Å²) in [5.74, 6) is -0.325. The fourth-order valence-electron chi connectivity index (χ4n) is 7.37. The van der Waals surface area contributed by atoms with Gasteiger partial charge in [0.05, 0.1) is 0 Å². The van der Waals surface area contributed by atoms with Crippen LogP contribution < -0.4 is 0 Å². The number of hydrogen-bond acceptors (Lipinski definition) is 0. The Labute approximate surface area is 297 Å². The second kappa shape index (κ2) is 15.8. The third-order valence-corrected chi connectivity index (χ3v) is 10.2. The summed E-state index contributed by atoms with van der Waals surface area (Å²) in [4.78, 5) is 0. The van der Waals surface area contributed by atoms with Crippen LogP contribution in [0.15, 0.2) is 115 Å². The summed E-state index contributed by atoms with van der Waals surface area (Å²) in [6.07, 6.45) is 8.47. The predicted molar refractivity (Wildman–Crippen MR) is 209 cm³/mol. The van der Waals surface area contributed by atoms with Gasteiger partial charge in [-0.15, -0.1) is 0 Å². The predicted octanol–water partition coefficient (Wildman–Crippen LogP) is 13.9. The fraction of sp³-hybridized carbons (Fsp3) is 0.250. The van der Waals surface area contributed by atoms with Gasteiger partial charge in [0.1, 0.15) is 11.6 Å². The molecule has 0 nitrogen and oxygen atoms in total. The van der Waals surface area contributed by atoms with Crippen LogP contribution in [0.5, 0.6) is 0 Å². The molecule has 0 heterocycles. The van der Waals surface area contributed by atoms with E-state index in [9.17, 15) is 8.78 Å². The van der Waals surface area contributed by atoms with Gasteiger partial charge >= 0.3 is 0 Å². The van der Waals surface area contributed by atoms with Crippen molar-refractivity contribution in [3.05, 3.63) is 166 Å². The molecule has 0 amide bonds. The summed E-state index contributed by atoms with van der Waals surface area (Å²) in [6.45, 7) is 10.3. The first-order valence-corrected chi connectivity index (χ1v) is 18.1. The summed E-state index contributed by atoms with van der Waals surface area (Å²) in [5.41, 5.74) is 17.5. The molecule has 6 aromatic rings. The third-order valence-electron chi connectivity index (χ3n) is 10.2. The van der Waals surface area contributed by atoms with Gasteiger partial charge in [-0.25, -0.2) is 8.78 Å². The Kier molecular flexibility index (Phi) is 11.1. The monoisotopic (exact) mass is 662 g/mol. The zero-order valence-electron chi connectivity index (χ0n) is 30.2. The Bertz CT molecular complexity index is 2060. The molecule has 0 aromatic heterocycles. The summed E-state index contributed by atoms with van der Waals surface area (Å²) in [5, 5.41) is 0. The lowest BCUT2D eigenvalue weighted by atomic mass is 9.91. The highest BCUT2D eigenvalue weighted by atomic mass is 19.1. The van der Waals surface area contributed by atoms with Crippen LogP contribution in [0, 0.1) is 46.3 Å². The van der Waals surface area contributed by atoms with Crippen LogP contribution in [-0.2, 0) is 12.8 Å². The van der Waals surface area contributed by atoms with Gasteiger partial charge in [0.15, 0.2) is 0 Å². The number of hydrogen-bond donors (Lipinski definition) is 0. The molecule has 0 atom stereocenters. The van der Waals surface area contributed by atoms with Crippen LogP contribution in [0.3, 0.4) is 0 Å². The second-order valence-corrected chi connectivity index (χ2v) is 14.1. The molecule has 0 unspecified atom stereocenters. The summed E-state index contributed by atoms with van der Waals surface area (Å²) in [7, 11) is 0. The van der Waals surface area contributed by atoms with Crippen LogP contribution in [0.2, 0.25) is 0 Å². The molecular weight excluding hydrogens is 615 g/mol. The van der Waals surface area contributed by atoms with E-state index in [1.54, 1.807) is 12.1 Å². The Morgan fingerprint density at radius 2 is 0.760 bits per heavy atom. The molecule has 0 bridgehead atoms. The molecule has 254 valence electrons. The summed E-state index contributed by atoms with van der Waals surface area (Å²) < 4.78 is 27.4. The van der Waals surface area contributed by atoms with Crippen LogP contribution in [0.25, 0.3) is 44.5 Å². The summed E-state index contributed by atoms with van der Waals surface area (Å²) in [6, 6.07) is 39.5. The van der Waals surface area contributed by atoms with Gasteiger partial charge in [0, 0.05) is 0 Å². The van der Waals surface area contributed by atoms with Crippen molar-refractivity contribution in [3.63, 3.8) is 0 Å². The highest BCUT2D eigenvalue weighted by molar-refractivity contribution is 5.75. The zero-order valence-corrected chi connectivity index (χ0v) is 30.2. The van der Waals surface area contributed by atoms with Crippen LogP contribution >= 0.6 is 0 Å². The molecule has 6 aromatic carbocycles. The molecule has 0 spiro atoms. The van der Waals surface area contributed by atoms with E-state index in [0.29, 0.717) is 11.1 Å². The van der Waals surface area contributed by atoms with Crippen LogP contribution in [0.1, 0.15) is 71.0 Å². The van der Waals surface area contributed by atoms with E-state index >= 15 is 0 Å². The van der Waals surface area contributed by atoms with Gasteiger partial charge in [-0.3, -0.25) is 0 Å². The Morgan fingerprint density at radius 3 is 1.26 bits per heavy atom. The van der Waals surface area contributed by atoms with Crippen molar-refractivity contribution in [2.75, 3.05) is 0 Å². The Hall–Kier alpha value is -4.82. The quantitative estimate of drug-likeness (QED) is 0.114. The lowest BCUT2D eigenvalue weighted by molar-refractivity contribution is 0.613. The normalized spacial score (nSPS) is 11.3. The Morgan fingerprint density at radius 1 is 0.340 bits per heavy atom. The van der Waals surface area contributed by atoms with Crippen LogP contribution in [-0.4, -0.2) is 0 Å². The molecule has 0 radical (unpaired) electrons. The van der Waals surface area contributed by atoms with Crippen molar-refractivity contribution < 1.29 is 8.78 Å². The average Bonchev–Trinajstić information content (AvgIpc) is 3.10. The van der Waals surface area contributed by atoms with Gasteiger partial charge in [0.25, 0.3) is 0 Å². The molecular formula is C48H48F2. The van der Waals surface area contributed by atoms with E-state index < -0.39 is 0 Å². The molecule has 0 aliphatic heterocycles. The first-order chi connectivity index (χ1) is 24.2. The minimum absolute atomic E-state index is 0.162. The van der Waals surface area contributed by atoms with Gasteiger partial charge < -0.3 is 0 Å². The van der Waals surface area contributed by atoms with E-state index in [1.807, 2.05) is 38.1 Å². The largest absolute Gasteiger partial charge is 0.207 e. The number of rotatable bonds is 12. The van der Waals surface area contributed by atoms with Crippen molar-refractivity contribution in [2.45, 2.75) is 79.6 Å². The minimum Gasteiger partial charge on any atom is -0.207 e. The fourth-order valence-corrected chi connectivity index (χ4v) is 7.37. The maximum Gasteiger partial charge on any atom is 0.126 e. The Balaban J connectivity index is 0.948. The molecule has 2 heteroatoms. The van der Waals surface area contributed by atoms with E-state index in [2.05, 4.69) is 99.6 Å². The molecule has 0 N–H and O–H groups in total. The third kappa shape index (κ3) is 8.30. The van der Waals surface area contributed by atoms with E-state index in [0.717, 1.165) is 35.1 Å². The van der Waals surface area contributed by atoms with Crippen molar-refractivity contribution >= 4 is 0 Å². The van der Waals surface area contributed by atoms with Gasteiger partial charge in [-0.2, -0.15) is 0 Å². The van der Waals surface area contributed by atoms with E-state index in [-0.39, 0.29) is 11.6 Å². The number of aryl methyl sites for hydroxylation is 7. The maximum atomic E-state index is 13.7. The van der Waals surface area contributed by atoms with Crippen molar-refractivity contribution in [1.29, 1.82) is 0 Å². The first-order valence-electron chi connectivity index (χ1n) is 18.1. The molecule has 50 heavy (non-hydrogen) atoms. The number of benzene rings is 6. The standard InChI is InChI=1S/C48H48F2/c1-32-27-37(13-24-45(32)41-18-14-39(15-19-41)43-22-25-46(49)33(2)30-43)11-9-7-6-8-10-12-38-28-35(4)48(36(5)29-38)42-20-16-40(17-21-42)44-23-26-47(50)34(3)31-44/h13-31H,6-12H2,1-5H3. The van der Waals surface area contributed by atoms with Gasteiger partial charge in [-0.1, -0.05) is 110 Å². The molecule has 0 saturated carbocycles. The van der Waals surface area contributed by atoms with Crippen molar-refractivity contribution in [2.24, 2.45) is 0 Å². The molecule has 0 saturated heterocycles. The van der Waals surface area contributed by atoms with E-state index in [1.165, 1.54) is 82.2 Å². The summed E-state index contributed by atoms with van der Waals surface area (Å²) >= 11 is 0. The second-order valence-electron chi connectivity index (χ2n) is 14.1. The zero-order chi connectivity index (χ0) is 35.2. The smallest absolute Gasteiger partial charge is 0.126 e. The average molecular weight is 663 g/mol. The lowest BCUT2D eigenvalue weighted by Crippen LogP contribution is -1.94. The van der Waals surface area contributed by atoms with E-state index in [4.69, 9.17) is 0 Å². The SMILES string of the molecule is Cc1cc(-c2ccc(-c3ccc(CCCCCCCc4cc(C)c(-c5ccc(-c6ccc(F)c(C)c6)cc5)c(C)c4)cc3C)cc2)ccc1F. The molecule has 0 aliphatic carbocycles. The van der Waals surface area contributed by atoms with Gasteiger partial charge in [-0.05, 0) is 168 Å². The highest BCUT2D eigenvalue weighted by Gasteiger charge is 2.10. The van der Waals surface area contributed by atoms with Crippen molar-refractivity contribution in [1.82, 2.24) is 0 Å². The van der Waals surface area contributed by atoms with Crippen LogP contribution in [0.4, 0.5) is 8.78 Å². The lowest BCUT2D eigenvalue weighted by Gasteiger charge is -2.14. The minimum atomic E-state index is -0.163. The molecule has 6 rings (SSSR count). The number of unbranched alkanes of at least 4 members (excludes halogenated alkanes) is 4. The first kappa shape index (κ1) is 35.0. The molecule has 0 aliphatic rings. The van der Waals surface area contributed by atoms with Gasteiger partial charge in [0.2, 0.25) is 0 Å².